The Hall–Kier alpha value is -3.32. The maximum atomic E-state index is 12.8. The van der Waals surface area contributed by atoms with Crippen molar-refractivity contribution in [2.24, 2.45) is 0 Å². The zero-order chi connectivity index (χ0) is 20.9. The van der Waals surface area contributed by atoms with E-state index in [9.17, 15) is 13.2 Å². The Balaban J connectivity index is 1.77. The van der Waals surface area contributed by atoms with Crippen molar-refractivity contribution in [3.05, 3.63) is 89.5 Å². The molecule has 0 bridgehead atoms. The molecular weight excluding hydrogens is 388 g/mol. The molecule has 0 fully saturated rings. The van der Waals surface area contributed by atoms with Gasteiger partial charge in [-0.2, -0.15) is 0 Å². The molecule has 0 radical (unpaired) electrons. The summed E-state index contributed by atoms with van der Waals surface area (Å²) in [5.41, 5.74) is 2.67. The third-order valence-corrected chi connectivity index (χ3v) is 5.82. The van der Waals surface area contributed by atoms with Gasteiger partial charge < -0.3 is 10.1 Å². The second-order valence-corrected chi connectivity index (χ2v) is 8.13. The van der Waals surface area contributed by atoms with Crippen LogP contribution in [0.1, 0.15) is 21.5 Å². The molecule has 0 saturated carbocycles. The lowest BCUT2D eigenvalue weighted by molar-refractivity contribution is 0.0950. The molecule has 29 heavy (non-hydrogen) atoms. The summed E-state index contributed by atoms with van der Waals surface area (Å²) < 4.78 is 33.2. The first-order valence-electron chi connectivity index (χ1n) is 8.99. The Morgan fingerprint density at radius 1 is 0.966 bits per heavy atom. The number of hydrogen-bond acceptors (Lipinski definition) is 4. The zero-order valence-electron chi connectivity index (χ0n) is 16.2. The third kappa shape index (κ3) is 4.94. The van der Waals surface area contributed by atoms with Crippen LogP contribution in [0.5, 0.6) is 5.75 Å². The first kappa shape index (κ1) is 20.4. The quantitative estimate of drug-likeness (QED) is 0.622. The smallest absolute Gasteiger partial charge is 0.262 e. The van der Waals surface area contributed by atoms with E-state index in [1.54, 1.807) is 36.4 Å². The standard InChI is InChI=1S/C22H22N2O4S/c1-16-8-3-4-9-18(16)15-23-22(25)17-10-7-11-19(14-17)29(26,27)24-20-12-5-6-13-21(20)28-2/h3-14,24H,15H2,1-2H3,(H,23,25). The van der Waals surface area contributed by atoms with E-state index >= 15 is 0 Å². The first-order valence-corrected chi connectivity index (χ1v) is 10.5. The molecule has 0 saturated heterocycles. The minimum atomic E-state index is -3.89. The molecule has 6 nitrogen and oxygen atoms in total. The number of benzene rings is 3. The van der Waals surface area contributed by atoms with Gasteiger partial charge in [0.2, 0.25) is 0 Å². The number of methoxy groups -OCH3 is 1. The highest BCUT2D eigenvalue weighted by Gasteiger charge is 2.18. The summed E-state index contributed by atoms with van der Waals surface area (Å²) in [7, 11) is -2.42. The van der Waals surface area contributed by atoms with Crippen molar-refractivity contribution in [3.8, 4) is 5.75 Å². The maximum Gasteiger partial charge on any atom is 0.262 e. The number of carbonyl (C=O) groups is 1. The molecule has 150 valence electrons. The third-order valence-electron chi connectivity index (χ3n) is 4.46. The number of aryl methyl sites for hydroxylation is 1. The zero-order valence-corrected chi connectivity index (χ0v) is 17.0. The average Bonchev–Trinajstić information content (AvgIpc) is 2.73. The molecule has 0 aromatic heterocycles. The maximum absolute atomic E-state index is 12.8. The van der Waals surface area contributed by atoms with Crippen LogP contribution in [0.2, 0.25) is 0 Å². The van der Waals surface area contributed by atoms with Gasteiger partial charge in [-0.25, -0.2) is 8.42 Å². The van der Waals surface area contributed by atoms with E-state index in [-0.39, 0.29) is 16.4 Å². The van der Waals surface area contributed by atoms with E-state index in [1.807, 2.05) is 31.2 Å². The van der Waals surface area contributed by atoms with Crippen molar-refractivity contribution in [3.63, 3.8) is 0 Å². The van der Waals surface area contributed by atoms with Crippen LogP contribution in [0.4, 0.5) is 5.69 Å². The molecule has 3 aromatic carbocycles. The topological polar surface area (TPSA) is 84.5 Å². The van der Waals surface area contributed by atoms with Crippen molar-refractivity contribution in [2.75, 3.05) is 11.8 Å². The minimum Gasteiger partial charge on any atom is -0.495 e. The molecule has 0 heterocycles. The van der Waals surface area contributed by atoms with Gasteiger partial charge in [0.25, 0.3) is 15.9 Å². The van der Waals surface area contributed by atoms with Crippen LogP contribution < -0.4 is 14.8 Å². The SMILES string of the molecule is COc1ccccc1NS(=O)(=O)c1cccc(C(=O)NCc2ccccc2C)c1. The Morgan fingerprint density at radius 2 is 1.69 bits per heavy atom. The molecule has 3 aromatic rings. The fourth-order valence-corrected chi connectivity index (χ4v) is 3.94. The molecule has 0 atom stereocenters. The highest BCUT2D eigenvalue weighted by atomic mass is 32.2. The molecule has 0 spiro atoms. The number of sulfonamides is 1. The van der Waals surface area contributed by atoms with Crippen LogP contribution in [0.15, 0.2) is 77.7 Å². The first-order chi connectivity index (χ1) is 13.9. The molecule has 0 aliphatic heterocycles. The van der Waals surface area contributed by atoms with Crippen molar-refractivity contribution < 1.29 is 17.9 Å². The number of hydrogen-bond donors (Lipinski definition) is 2. The van der Waals surface area contributed by atoms with Crippen LogP contribution in [0.3, 0.4) is 0 Å². The van der Waals surface area contributed by atoms with Gasteiger partial charge in [-0.1, -0.05) is 42.5 Å². The monoisotopic (exact) mass is 410 g/mol. The fraction of sp³-hybridized carbons (Fsp3) is 0.136. The van der Waals surface area contributed by atoms with Gasteiger partial charge in [0.15, 0.2) is 0 Å². The minimum absolute atomic E-state index is 0.00746. The molecule has 0 aliphatic carbocycles. The van der Waals surface area contributed by atoms with E-state index in [1.165, 1.54) is 19.2 Å². The lowest BCUT2D eigenvalue weighted by Crippen LogP contribution is -2.23. The highest BCUT2D eigenvalue weighted by Crippen LogP contribution is 2.26. The second-order valence-electron chi connectivity index (χ2n) is 6.44. The molecule has 7 heteroatoms. The largest absolute Gasteiger partial charge is 0.495 e. The summed E-state index contributed by atoms with van der Waals surface area (Å²) in [4.78, 5) is 12.5. The molecule has 2 N–H and O–H groups in total. The normalized spacial score (nSPS) is 11.0. The Labute approximate surface area is 170 Å². The van der Waals surface area contributed by atoms with Gasteiger partial charge in [0.05, 0.1) is 17.7 Å². The lowest BCUT2D eigenvalue weighted by Gasteiger charge is -2.12. The number of carbonyl (C=O) groups excluding carboxylic acids is 1. The lowest BCUT2D eigenvalue weighted by atomic mass is 10.1. The van der Waals surface area contributed by atoms with Crippen LogP contribution in [0.25, 0.3) is 0 Å². The second kappa shape index (κ2) is 8.79. The van der Waals surface area contributed by atoms with Crippen LogP contribution in [-0.2, 0) is 16.6 Å². The van der Waals surface area contributed by atoms with Crippen molar-refractivity contribution in [2.45, 2.75) is 18.4 Å². The van der Waals surface area contributed by atoms with Crippen molar-refractivity contribution in [1.82, 2.24) is 5.32 Å². The molecule has 1 amide bonds. The number of ether oxygens (including phenoxy) is 1. The molecule has 3 rings (SSSR count). The van der Waals surface area contributed by atoms with Crippen LogP contribution >= 0.6 is 0 Å². The van der Waals surface area contributed by atoms with E-state index in [0.717, 1.165) is 11.1 Å². The number of para-hydroxylation sites is 2. The van der Waals surface area contributed by atoms with Crippen molar-refractivity contribution >= 4 is 21.6 Å². The number of amides is 1. The summed E-state index contributed by atoms with van der Waals surface area (Å²) in [5, 5.41) is 2.83. The Morgan fingerprint density at radius 3 is 2.45 bits per heavy atom. The average molecular weight is 410 g/mol. The summed E-state index contributed by atoms with van der Waals surface area (Å²) in [6.45, 7) is 2.33. The van der Waals surface area contributed by atoms with Gasteiger partial charge in [0, 0.05) is 12.1 Å². The predicted octanol–water partition coefficient (Wildman–Crippen LogP) is 3.73. The predicted molar refractivity (Wildman–Crippen MR) is 113 cm³/mol. The van der Waals surface area contributed by atoms with E-state index in [2.05, 4.69) is 10.0 Å². The number of rotatable bonds is 7. The van der Waals surface area contributed by atoms with Crippen LogP contribution in [0, 0.1) is 6.92 Å². The number of anilines is 1. The van der Waals surface area contributed by atoms with Gasteiger partial charge in [0.1, 0.15) is 5.75 Å². The Bertz CT molecular complexity index is 1130. The molecular formula is C22H22N2O4S. The van der Waals surface area contributed by atoms with Gasteiger partial charge in [-0.15, -0.1) is 0 Å². The number of nitrogens with one attached hydrogen (secondary N) is 2. The van der Waals surface area contributed by atoms with Crippen LogP contribution in [-0.4, -0.2) is 21.4 Å². The van der Waals surface area contributed by atoms with Gasteiger partial charge in [-0.05, 0) is 48.4 Å². The van der Waals surface area contributed by atoms with Gasteiger partial charge in [-0.3, -0.25) is 9.52 Å². The summed E-state index contributed by atoms with van der Waals surface area (Å²) in [6.07, 6.45) is 0. The summed E-state index contributed by atoms with van der Waals surface area (Å²) >= 11 is 0. The summed E-state index contributed by atoms with van der Waals surface area (Å²) in [6, 6.07) is 20.4. The van der Waals surface area contributed by atoms with Crippen molar-refractivity contribution in [1.29, 1.82) is 0 Å². The van der Waals surface area contributed by atoms with Gasteiger partial charge >= 0.3 is 0 Å². The van der Waals surface area contributed by atoms with E-state index < -0.39 is 10.0 Å². The fourth-order valence-electron chi connectivity index (χ4n) is 2.82. The molecule has 0 aliphatic rings. The van der Waals surface area contributed by atoms with E-state index in [0.29, 0.717) is 18.0 Å². The molecule has 0 unspecified atom stereocenters. The highest BCUT2D eigenvalue weighted by molar-refractivity contribution is 7.92. The van der Waals surface area contributed by atoms with E-state index in [4.69, 9.17) is 4.74 Å². The Kier molecular flexibility index (Phi) is 6.19. The summed E-state index contributed by atoms with van der Waals surface area (Å²) in [5.74, 6) is 0.0609.